The molecule has 19 heavy (non-hydrogen) atoms. The van der Waals surface area contributed by atoms with Gasteiger partial charge in [-0.15, -0.1) is 0 Å². The summed E-state index contributed by atoms with van der Waals surface area (Å²) in [5.41, 5.74) is 1.40. The van der Waals surface area contributed by atoms with Crippen molar-refractivity contribution in [3.8, 4) is 0 Å². The summed E-state index contributed by atoms with van der Waals surface area (Å²) in [6.45, 7) is 4.59. The van der Waals surface area contributed by atoms with Crippen LogP contribution < -0.4 is 4.90 Å². The van der Waals surface area contributed by atoms with Crippen LogP contribution in [0.3, 0.4) is 0 Å². The number of carbonyl (C=O) groups is 1. The topological polar surface area (TPSA) is 20.3 Å². The van der Waals surface area contributed by atoms with Gasteiger partial charge in [-0.05, 0) is 49.3 Å². The van der Waals surface area contributed by atoms with Crippen LogP contribution in [0.4, 0.5) is 10.1 Å². The third-order valence-electron chi connectivity index (χ3n) is 4.34. The molecule has 1 aromatic carbocycles. The number of anilines is 1. The quantitative estimate of drug-likeness (QED) is 0.767. The smallest absolute Gasteiger partial charge is 0.150 e. The van der Waals surface area contributed by atoms with Crippen molar-refractivity contribution in [1.82, 2.24) is 0 Å². The average Bonchev–Trinajstić information content (AvgIpc) is 2.37. The fourth-order valence-corrected chi connectivity index (χ4v) is 2.85. The predicted molar refractivity (Wildman–Crippen MR) is 76.2 cm³/mol. The second-order valence-electron chi connectivity index (χ2n) is 6.33. The Balaban J connectivity index is 2.12. The highest BCUT2D eigenvalue weighted by atomic mass is 19.1. The van der Waals surface area contributed by atoms with Crippen LogP contribution in [0.1, 0.15) is 49.9 Å². The molecule has 0 amide bonds. The van der Waals surface area contributed by atoms with E-state index in [1.807, 2.05) is 11.9 Å². The molecule has 1 aliphatic rings. The summed E-state index contributed by atoms with van der Waals surface area (Å²) in [5.74, 6) is -0.308. The summed E-state index contributed by atoms with van der Waals surface area (Å²) in [7, 11) is 1.95. The van der Waals surface area contributed by atoms with Gasteiger partial charge in [0.05, 0.1) is 5.69 Å². The van der Waals surface area contributed by atoms with E-state index in [2.05, 4.69) is 13.8 Å². The number of halogens is 1. The Morgan fingerprint density at radius 1 is 1.32 bits per heavy atom. The number of aldehydes is 1. The third kappa shape index (κ3) is 3.14. The minimum absolute atomic E-state index is 0.308. The average molecular weight is 263 g/mol. The number of benzene rings is 1. The van der Waals surface area contributed by atoms with E-state index in [9.17, 15) is 9.18 Å². The van der Waals surface area contributed by atoms with E-state index >= 15 is 0 Å². The summed E-state index contributed by atoms with van der Waals surface area (Å²) < 4.78 is 14.0. The molecule has 0 bridgehead atoms. The largest absolute Gasteiger partial charge is 0.369 e. The molecule has 0 heterocycles. The number of rotatable bonds is 3. The van der Waals surface area contributed by atoms with E-state index < -0.39 is 0 Å². The summed E-state index contributed by atoms with van der Waals surface area (Å²) in [6.07, 6.45) is 5.22. The van der Waals surface area contributed by atoms with Gasteiger partial charge in [-0.1, -0.05) is 13.8 Å². The maximum atomic E-state index is 14.0. The van der Waals surface area contributed by atoms with Gasteiger partial charge in [0.1, 0.15) is 12.1 Å². The molecule has 0 unspecified atom stereocenters. The van der Waals surface area contributed by atoms with Crippen LogP contribution in [0.25, 0.3) is 0 Å². The molecule has 1 aliphatic carbocycles. The van der Waals surface area contributed by atoms with Crippen molar-refractivity contribution < 1.29 is 9.18 Å². The zero-order valence-electron chi connectivity index (χ0n) is 11.9. The summed E-state index contributed by atoms with van der Waals surface area (Å²) in [4.78, 5) is 12.7. The molecule has 0 radical (unpaired) electrons. The number of hydrogen-bond acceptors (Lipinski definition) is 2. The molecule has 2 rings (SSSR count). The molecule has 0 saturated heterocycles. The maximum Gasteiger partial charge on any atom is 0.150 e. The van der Waals surface area contributed by atoms with Crippen LogP contribution in [-0.4, -0.2) is 19.4 Å². The molecule has 0 aromatic heterocycles. The van der Waals surface area contributed by atoms with E-state index in [-0.39, 0.29) is 5.82 Å². The van der Waals surface area contributed by atoms with Crippen LogP contribution in [-0.2, 0) is 0 Å². The van der Waals surface area contributed by atoms with Gasteiger partial charge in [0, 0.05) is 18.7 Å². The Hall–Kier alpha value is -1.38. The molecule has 1 saturated carbocycles. The Morgan fingerprint density at radius 2 is 1.95 bits per heavy atom. The molecule has 1 aromatic rings. The molecule has 2 nitrogen and oxygen atoms in total. The highest BCUT2D eigenvalue weighted by Gasteiger charge is 2.29. The van der Waals surface area contributed by atoms with Gasteiger partial charge in [-0.25, -0.2) is 4.39 Å². The molecular weight excluding hydrogens is 241 g/mol. The lowest BCUT2D eigenvalue weighted by molar-refractivity contribution is 0.112. The highest BCUT2D eigenvalue weighted by molar-refractivity contribution is 5.76. The molecule has 1 fully saturated rings. The van der Waals surface area contributed by atoms with E-state index in [1.54, 1.807) is 12.1 Å². The molecular formula is C16H22FNO. The van der Waals surface area contributed by atoms with Crippen molar-refractivity contribution in [2.24, 2.45) is 5.41 Å². The standard InChI is InChI=1S/C16H22FNO/c1-16(2)8-6-13(7-9-16)18(3)15-5-4-12(11-19)10-14(15)17/h4-5,10-11,13H,6-9H2,1-3H3. The van der Waals surface area contributed by atoms with Crippen molar-refractivity contribution in [2.75, 3.05) is 11.9 Å². The van der Waals surface area contributed by atoms with Crippen molar-refractivity contribution in [3.63, 3.8) is 0 Å². The van der Waals surface area contributed by atoms with Crippen LogP contribution >= 0.6 is 0 Å². The lowest BCUT2D eigenvalue weighted by atomic mass is 9.75. The summed E-state index contributed by atoms with van der Waals surface area (Å²) in [6, 6.07) is 5.09. The normalized spacial score (nSPS) is 19.2. The molecule has 0 atom stereocenters. The second-order valence-corrected chi connectivity index (χ2v) is 6.33. The fourth-order valence-electron chi connectivity index (χ4n) is 2.85. The van der Waals surface area contributed by atoms with Crippen LogP contribution in [0.5, 0.6) is 0 Å². The van der Waals surface area contributed by atoms with Gasteiger partial charge >= 0.3 is 0 Å². The van der Waals surface area contributed by atoms with Crippen molar-refractivity contribution in [1.29, 1.82) is 0 Å². The first-order valence-electron chi connectivity index (χ1n) is 6.90. The Labute approximate surface area is 114 Å². The second kappa shape index (κ2) is 5.32. The lowest BCUT2D eigenvalue weighted by Crippen LogP contribution is -2.37. The summed E-state index contributed by atoms with van der Waals surface area (Å²) >= 11 is 0. The van der Waals surface area contributed by atoms with E-state index in [4.69, 9.17) is 0 Å². The van der Waals surface area contributed by atoms with Gasteiger partial charge in [0.15, 0.2) is 0 Å². The summed E-state index contributed by atoms with van der Waals surface area (Å²) in [5, 5.41) is 0. The van der Waals surface area contributed by atoms with Gasteiger partial charge < -0.3 is 4.90 Å². The van der Waals surface area contributed by atoms with Crippen LogP contribution in [0.15, 0.2) is 18.2 Å². The minimum atomic E-state index is -0.308. The zero-order chi connectivity index (χ0) is 14.0. The van der Waals surface area contributed by atoms with E-state index in [0.717, 1.165) is 12.8 Å². The highest BCUT2D eigenvalue weighted by Crippen LogP contribution is 2.38. The monoisotopic (exact) mass is 263 g/mol. The maximum absolute atomic E-state index is 14.0. The predicted octanol–water partition coefficient (Wildman–Crippen LogP) is 4.04. The number of carbonyl (C=O) groups excluding carboxylic acids is 1. The Morgan fingerprint density at radius 3 is 2.47 bits per heavy atom. The molecule has 0 aliphatic heterocycles. The van der Waals surface area contributed by atoms with Crippen LogP contribution in [0, 0.1) is 11.2 Å². The van der Waals surface area contributed by atoms with Gasteiger partial charge in [-0.3, -0.25) is 4.79 Å². The SMILES string of the molecule is CN(c1ccc(C=O)cc1F)C1CCC(C)(C)CC1. The minimum Gasteiger partial charge on any atom is -0.369 e. The number of nitrogens with zero attached hydrogens (tertiary/aromatic N) is 1. The molecule has 0 N–H and O–H groups in total. The first kappa shape index (κ1) is 14.0. The first-order chi connectivity index (χ1) is 8.93. The van der Waals surface area contributed by atoms with Gasteiger partial charge in [0.2, 0.25) is 0 Å². The van der Waals surface area contributed by atoms with Crippen molar-refractivity contribution in [3.05, 3.63) is 29.6 Å². The van der Waals surface area contributed by atoms with Gasteiger partial charge in [-0.2, -0.15) is 0 Å². The van der Waals surface area contributed by atoms with E-state index in [0.29, 0.717) is 29.0 Å². The Bertz CT molecular complexity index is 460. The lowest BCUT2D eigenvalue weighted by Gasteiger charge is -2.39. The van der Waals surface area contributed by atoms with Gasteiger partial charge in [0.25, 0.3) is 0 Å². The van der Waals surface area contributed by atoms with Crippen molar-refractivity contribution in [2.45, 2.75) is 45.6 Å². The van der Waals surface area contributed by atoms with E-state index in [1.165, 1.54) is 18.9 Å². The molecule has 104 valence electrons. The fraction of sp³-hybridized carbons (Fsp3) is 0.562. The first-order valence-corrected chi connectivity index (χ1v) is 6.90. The van der Waals surface area contributed by atoms with Crippen LogP contribution in [0.2, 0.25) is 0 Å². The zero-order valence-corrected chi connectivity index (χ0v) is 11.9. The Kier molecular flexibility index (Phi) is 3.93. The van der Waals surface area contributed by atoms with Crippen molar-refractivity contribution >= 4 is 12.0 Å². The molecule has 0 spiro atoms. The molecule has 3 heteroatoms. The number of hydrogen-bond donors (Lipinski definition) is 0. The third-order valence-corrected chi connectivity index (χ3v) is 4.34.